The summed E-state index contributed by atoms with van der Waals surface area (Å²) < 4.78 is 1.50. The van der Waals surface area contributed by atoms with Crippen molar-refractivity contribution in [3.05, 3.63) is 34.5 Å². The molecule has 0 fully saturated rings. The van der Waals surface area contributed by atoms with Gasteiger partial charge in [-0.1, -0.05) is 0 Å². The number of rotatable bonds is 0. The van der Waals surface area contributed by atoms with Crippen LogP contribution in [-0.4, -0.2) is 22.4 Å². The first-order chi connectivity index (χ1) is 6.20. The molecule has 0 saturated carbocycles. The Kier molecular flexibility index (Phi) is 1.65. The summed E-state index contributed by atoms with van der Waals surface area (Å²) in [6.07, 6.45) is 1.60. The molecule has 0 radical (unpaired) electrons. The molecule has 4 nitrogen and oxygen atoms in total. The molecule has 0 atom stereocenters. The fourth-order valence-corrected chi connectivity index (χ4v) is 1.21. The minimum atomic E-state index is -0.0944. The Morgan fingerprint density at radius 2 is 2.31 bits per heavy atom. The van der Waals surface area contributed by atoms with Gasteiger partial charge in [-0.25, -0.2) is 9.97 Å². The second-order valence-corrected chi connectivity index (χ2v) is 2.89. The van der Waals surface area contributed by atoms with E-state index >= 15 is 0 Å². The summed E-state index contributed by atoms with van der Waals surface area (Å²) in [5, 5.41) is 0. The molecular formula is C8H8BN3O. The van der Waals surface area contributed by atoms with Gasteiger partial charge in [-0.05, 0) is 19.1 Å². The second kappa shape index (κ2) is 2.69. The van der Waals surface area contributed by atoms with E-state index < -0.39 is 0 Å². The van der Waals surface area contributed by atoms with Gasteiger partial charge in [0.2, 0.25) is 7.98 Å². The first-order valence-corrected chi connectivity index (χ1v) is 3.98. The van der Waals surface area contributed by atoms with Crippen molar-refractivity contribution >= 4 is 19.0 Å². The first-order valence-electron chi connectivity index (χ1n) is 3.98. The van der Waals surface area contributed by atoms with Gasteiger partial charge in [-0.3, -0.25) is 4.79 Å². The first kappa shape index (κ1) is 7.98. The summed E-state index contributed by atoms with van der Waals surface area (Å²) in [4.78, 5) is 19.8. The standard InChI is InChI=1S/C8H8BN3O/c1-5-11-6-3-2-4-10-7(6)8(13)12(5)9/h2-4H,9H2,1H3. The molecule has 64 valence electrons. The molecule has 0 aromatic carbocycles. The van der Waals surface area contributed by atoms with E-state index in [9.17, 15) is 4.79 Å². The maximum Gasteiger partial charge on any atom is 0.267 e. The van der Waals surface area contributed by atoms with Crippen LogP contribution in [-0.2, 0) is 0 Å². The lowest BCUT2D eigenvalue weighted by Gasteiger charge is -2.03. The second-order valence-electron chi connectivity index (χ2n) is 2.89. The fraction of sp³-hybridized carbons (Fsp3) is 0.125. The van der Waals surface area contributed by atoms with Crippen molar-refractivity contribution in [2.75, 3.05) is 0 Å². The molecule has 0 unspecified atom stereocenters. The fourth-order valence-electron chi connectivity index (χ4n) is 1.21. The Morgan fingerprint density at radius 1 is 1.54 bits per heavy atom. The zero-order valence-electron chi connectivity index (χ0n) is 7.48. The molecule has 2 aromatic heterocycles. The van der Waals surface area contributed by atoms with Crippen LogP contribution in [0.3, 0.4) is 0 Å². The third-order valence-electron chi connectivity index (χ3n) is 2.06. The molecule has 0 aliphatic heterocycles. The molecule has 0 spiro atoms. The van der Waals surface area contributed by atoms with Crippen LogP contribution in [0.25, 0.3) is 11.0 Å². The van der Waals surface area contributed by atoms with E-state index in [1.807, 2.05) is 0 Å². The molecular weight excluding hydrogens is 165 g/mol. The van der Waals surface area contributed by atoms with E-state index in [2.05, 4.69) is 9.97 Å². The summed E-state index contributed by atoms with van der Waals surface area (Å²) in [7, 11) is 1.69. The van der Waals surface area contributed by atoms with Crippen LogP contribution in [0.4, 0.5) is 0 Å². The van der Waals surface area contributed by atoms with Crippen LogP contribution in [0.15, 0.2) is 23.1 Å². The number of hydrogen-bond acceptors (Lipinski definition) is 3. The van der Waals surface area contributed by atoms with Crippen molar-refractivity contribution in [2.24, 2.45) is 0 Å². The quantitative estimate of drug-likeness (QED) is 0.504. The van der Waals surface area contributed by atoms with Crippen LogP contribution in [0, 0.1) is 6.92 Å². The number of pyridine rings is 1. The smallest absolute Gasteiger partial charge is 0.267 e. The van der Waals surface area contributed by atoms with Crippen LogP contribution < -0.4 is 5.56 Å². The molecule has 0 aliphatic carbocycles. The lowest BCUT2D eigenvalue weighted by atomic mass is 10.3. The van der Waals surface area contributed by atoms with Crippen molar-refractivity contribution in [1.29, 1.82) is 0 Å². The van der Waals surface area contributed by atoms with Crippen molar-refractivity contribution in [3.8, 4) is 0 Å². The highest BCUT2D eigenvalue weighted by atomic mass is 16.1. The van der Waals surface area contributed by atoms with Gasteiger partial charge in [-0.2, -0.15) is 0 Å². The van der Waals surface area contributed by atoms with Gasteiger partial charge >= 0.3 is 0 Å². The topological polar surface area (TPSA) is 47.8 Å². The van der Waals surface area contributed by atoms with Crippen LogP contribution >= 0.6 is 0 Å². The average molecular weight is 173 g/mol. The van der Waals surface area contributed by atoms with E-state index in [4.69, 9.17) is 0 Å². The van der Waals surface area contributed by atoms with Gasteiger partial charge in [0.25, 0.3) is 5.56 Å². The summed E-state index contributed by atoms with van der Waals surface area (Å²) in [5.41, 5.74) is 0.988. The minimum absolute atomic E-state index is 0.0944. The Balaban J connectivity index is 3.03. The van der Waals surface area contributed by atoms with Gasteiger partial charge in [0, 0.05) is 6.20 Å². The number of hydrogen-bond donors (Lipinski definition) is 0. The van der Waals surface area contributed by atoms with Crippen LogP contribution in [0.5, 0.6) is 0 Å². The zero-order chi connectivity index (χ0) is 9.42. The SMILES string of the molecule is Bn1c(C)nc2cccnc2c1=O. The normalized spacial score (nSPS) is 10.5. The maximum atomic E-state index is 11.6. The molecule has 0 bridgehead atoms. The van der Waals surface area contributed by atoms with Gasteiger partial charge < -0.3 is 4.48 Å². The van der Waals surface area contributed by atoms with Crippen molar-refractivity contribution in [1.82, 2.24) is 14.4 Å². The summed E-state index contributed by atoms with van der Waals surface area (Å²) >= 11 is 0. The van der Waals surface area contributed by atoms with Gasteiger partial charge in [0.05, 0.1) is 11.3 Å². The third kappa shape index (κ3) is 1.12. The number of nitrogens with zero attached hydrogens (tertiary/aromatic N) is 3. The molecule has 2 rings (SSSR count). The average Bonchev–Trinajstić information content (AvgIpc) is 2.15. The highest BCUT2D eigenvalue weighted by Gasteiger charge is 2.03. The summed E-state index contributed by atoms with van der Waals surface area (Å²) in [6, 6.07) is 3.56. The molecule has 2 heterocycles. The van der Waals surface area contributed by atoms with Crippen LogP contribution in [0.1, 0.15) is 5.82 Å². The van der Waals surface area contributed by atoms with Crippen LogP contribution in [0.2, 0.25) is 0 Å². The maximum absolute atomic E-state index is 11.6. The van der Waals surface area contributed by atoms with Gasteiger partial charge in [-0.15, -0.1) is 0 Å². The highest BCUT2D eigenvalue weighted by Crippen LogP contribution is 2.02. The molecule has 0 N–H and O–H groups in total. The van der Waals surface area contributed by atoms with E-state index in [1.54, 1.807) is 33.2 Å². The predicted octanol–water partition coefficient (Wildman–Crippen LogP) is -0.504. The molecule has 13 heavy (non-hydrogen) atoms. The van der Waals surface area contributed by atoms with E-state index in [1.165, 1.54) is 4.48 Å². The molecule has 0 saturated heterocycles. The number of aryl methyl sites for hydroxylation is 1. The zero-order valence-corrected chi connectivity index (χ0v) is 7.48. The largest absolute Gasteiger partial charge is 0.349 e. The number of aromatic nitrogens is 3. The van der Waals surface area contributed by atoms with Crippen molar-refractivity contribution in [3.63, 3.8) is 0 Å². The van der Waals surface area contributed by atoms with E-state index in [0.717, 1.165) is 0 Å². The lowest BCUT2D eigenvalue weighted by Crippen LogP contribution is -2.22. The monoisotopic (exact) mass is 173 g/mol. The Hall–Kier alpha value is -1.65. The Labute approximate surface area is 75.7 Å². The molecule has 5 heteroatoms. The predicted molar refractivity (Wildman–Crippen MR) is 52.5 cm³/mol. The third-order valence-corrected chi connectivity index (χ3v) is 2.06. The molecule has 0 aliphatic rings. The van der Waals surface area contributed by atoms with Crippen molar-refractivity contribution in [2.45, 2.75) is 6.92 Å². The molecule has 2 aromatic rings. The van der Waals surface area contributed by atoms with E-state index in [0.29, 0.717) is 16.9 Å². The Bertz CT molecular complexity index is 520. The van der Waals surface area contributed by atoms with Crippen molar-refractivity contribution < 1.29 is 0 Å². The minimum Gasteiger partial charge on any atom is -0.349 e. The lowest BCUT2D eigenvalue weighted by molar-refractivity contribution is 0.978. The summed E-state index contributed by atoms with van der Waals surface area (Å²) in [6.45, 7) is 1.80. The molecule has 0 amide bonds. The highest BCUT2D eigenvalue weighted by molar-refractivity contribution is 6.07. The van der Waals surface area contributed by atoms with Gasteiger partial charge in [0.1, 0.15) is 0 Å². The number of fused-ring (bicyclic) bond motifs is 1. The summed E-state index contributed by atoms with van der Waals surface area (Å²) in [5.74, 6) is 0.700. The Morgan fingerprint density at radius 3 is 3.08 bits per heavy atom. The van der Waals surface area contributed by atoms with E-state index in [-0.39, 0.29) is 5.56 Å². The van der Waals surface area contributed by atoms with Gasteiger partial charge in [0.15, 0.2) is 5.52 Å².